The Morgan fingerprint density at radius 3 is 2.25 bits per heavy atom. The summed E-state index contributed by atoms with van der Waals surface area (Å²) in [5, 5.41) is 8.07. The molecule has 1 aromatic heterocycles. The van der Waals surface area contributed by atoms with Crippen LogP contribution in [-0.2, 0) is 6.54 Å². The summed E-state index contributed by atoms with van der Waals surface area (Å²) in [6, 6.07) is 0.699. The van der Waals surface area contributed by atoms with Gasteiger partial charge in [0, 0.05) is 18.8 Å². The van der Waals surface area contributed by atoms with Crippen molar-refractivity contribution in [1.82, 2.24) is 15.1 Å². The summed E-state index contributed by atoms with van der Waals surface area (Å²) in [6.07, 6.45) is 14.8. The minimum Gasteiger partial charge on any atom is -0.312 e. The van der Waals surface area contributed by atoms with Crippen molar-refractivity contribution in [1.29, 1.82) is 0 Å². The molecule has 0 aliphatic heterocycles. The van der Waals surface area contributed by atoms with Gasteiger partial charge in [-0.25, -0.2) is 0 Å². The van der Waals surface area contributed by atoms with Crippen LogP contribution in [0.1, 0.15) is 70.8 Å². The van der Waals surface area contributed by atoms with E-state index >= 15 is 0 Å². The Morgan fingerprint density at radius 1 is 1.10 bits per heavy atom. The molecule has 0 fully saturated rings. The van der Waals surface area contributed by atoms with E-state index in [4.69, 9.17) is 0 Å². The highest BCUT2D eigenvalue weighted by atomic mass is 15.3. The van der Waals surface area contributed by atoms with E-state index in [1.807, 2.05) is 10.9 Å². The van der Waals surface area contributed by atoms with Crippen molar-refractivity contribution >= 4 is 0 Å². The van der Waals surface area contributed by atoms with Gasteiger partial charge < -0.3 is 5.32 Å². The third-order valence-corrected chi connectivity index (χ3v) is 3.85. The molecule has 116 valence electrons. The van der Waals surface area contributed by atoms with Crippen molar-refractivity contribution in [3.05, 3.63) is 18.0 Å². The van der Waals surface area contributed by atoms with Crippen LogP contribution in [0.5, 0.6) is 0 Å². The molecule has 3 heteroatoms. The molecule has 0 aliphatic rings. The number of aryl methyl sites for hydroxylation is 1. The van der Waals surface area contributed by atoms with E-state index < -0.39 is 0 Å². The molecule has 0 saturated heterocycles. The molecular formula is C17H33N3. The molecule has 20 heavy (non-hydrogen) atoms. The Bertz CT molecular complexity index is 323. The summed E-state index contributed by atoms with van der Waals surface area (Å²) in [5.74, 6) is 0. The molecule has 0 aromatic carbocycles. The SMILES string of the molecule is CCCCCC(CCCCC)NCCn1cc(C)cn1. The Morgan fingerprint density at radius 2 is 1.75 bits per heavy atom. The average molecular weight is 279 g/mol. The topological polar surface area (TPSA) is 29.9 Å². The predicted octanol–water partition coefficient (Wildman–Crippen LogP) is 4.31. The fraction of sp³-hybridized carbons (Fsp3) is 0.824. The van der Waals surface area contributed by atoms with Crippen molar-refractivity contribution < 1.29 is 0 Å². The summed E-state index contributed by atoms with van der Waals surface area (Å²) < 4.78 is 2.04. The van der Waals surface area contributed by atoms with Crippen molar-refractivity contribution in [3.63, 3.8) is 0 Å². The van der Waals surface area contributed by atoms with Gasteiger partial charge in [0.2, 0.25) is 0 Å². The van der Waals surface area contributed by atoms with Gasteiger partial charge in [0.25, 0.3) is 0 Å². The standard InChI is InChI=1S/C17H33N3/c1-4-6-8-10-17(11-9-7-5-2)18-12-13-20-15-16(3)14-19-20/h14-15,17-18H,4-13H2,1-3H3. The van der Waals surface area contributed by atoms with Crippen LogP contribution in [0.3, 0.4) is 0 Å². The molecule has 1 rings (SSSR count). The number of rotatable bonds is 12. The lowest BCUT2D eigenvalue weighted by molar-refractivity contribution is 0.404. The number of nitrogens with one attached hydrogen (secondary N) is 1. The largest absolute Gasteiger partial charge is 0.312 e. The lowest BCUT2D eigenvalue weighted by Crippen LogP contribution is -2.32. The molecule has 0 amide bonds. The summed E-state index contributed by atoms with van der Waals surface area (Å²) >= 11 is 0. The molecular weight excluding hydrogens is 246 g/mol. The van der Waals surface area contributed by atoms with Gasteiger partial charge >= 0.3 is 0 Å². The second-order valence-corrected chi connectivity index (χ2v) is 5.92. The smallest absolute Gasteiger partial charge is 0.0534 e. The highest BCUT2D eigenvalue weighted by Gasteiger charge is 2.07. The van der Waals surface area contributed by atoms with Gasteiger partial charge in [-0.05, 0) is 25.3 Å². The van der Waals surface area contributed by atoms with E-state index in [9.17, 15) is 0 Å². The molecule has 1 N–H and O–H groups in total. The quantitative estimate of drug-likeness (QED) is 0.578. The second-order valence-electron chi connectivity index (χ2n) is 5.92. The number of aromatic nitrogens is 2. The highest BCUT2D eigenvalue weighted by molar-refractivity contribution is 4.99. The first-order chi connectivity index (χ1) is 9.76. The van der Waals surface area contributed by atoms with Crippen molar-refractivity contribution in [2.45, 2.75) is 84.7 Å². The van der Waals surface area contributed by atoms with Gasteiger partial charge in [-0.3, -0.25) is 4.68 Å². The first-order valence-corrected chi connectivity index (χ1v) is 8.48. The van der Waals surface area contributed by atoms with E-state index in [1.54, 1.807) is 0 Å². The molecule has 1 aromatic rings. The maximum absolute atomic E-state index is 4.34. The third kappa shape index (κ3) is 7.68. The van der Waals surface area contributed by atoms with E-state index in [0.717, 1.165) is 13.1 Å². The Kier molecular flexibility index (Phi) is 9.38. The molecule has 0 unspecified atom stereocenters. The fourth-order valence-corrected chi connectivity index (χ4v) is 2.60. The van der Waals surface area contributed by atoms with Crippen molar-refractivity contribution in [2.75, 3.05) is 6.54 Å². The molecule has 0 atom stereocenters. The first-order valence-electron chi connectivity index (χ1n) is 8.48. The molecule has 3 nitrogen and oxygen atoms in total. The van der Waals surface area contributed by atoms with Crippen molar-refractivity contribution in [3.8, 4) is 0 Å². The van der Waals surface area contributed by atoms with Crippen LogP contribution in [0.25, 0.3) is 0 Å². The maximum Gasteiger partial charge on any atom is 0.0534 e. The average Bonchev–Trinajstić information content (AvgIpc) is 2.84. The van der Waals surface area contributed by atoms with Gasteiger partial charge in [0.05, 0.1) is 12.7 Å². The number of hydrogen-bond acceptors (Lipinski definition) is 2. The van der Waals surface area contributed by atoms with E-state index in [2.05, 4.69) is 37.4 Å². The molecule has 1 heterocycles. The van der Waals surface area contributed by atoms with Crippen LogP contribution in [0.15, 0.2) is 12.4 Å². The van der Waals surface area contributed by atoms with Crippen molar-refractivity contribution in [2.24, 2.45) is 0 Å². The zero-order valence-corrected chi connectivity index (χ0v) is 13.7. The minimum absolute atomic E-state index is 0.699. The van der Waals surface area contributed by atoms with E-state index in [1.165, 1.54) is 56.9 Å². The summed E-state index contributed by atoms with van der Waals surface area (Å²) in [5.41, 5.74) is 1.24. The minimum atomic E-state index is 0.699. The maximum atomic E-state index is 4.34. The van der Waals surface area contributed by atoms with Crippen LogP contribution >= 0.6 is 0 Å². The zero-order valence-electron chi connectivity index (χ0n) is 13.7. The van der Waals surface area contributed by atoms with Crippen LogP contribution in [0, 0.1) is 6.92 Å². The number of nitrogens with zero attached hydrogens (tertiary/aromatic N) is 2. The fourth-order valence-electron chi connectivity index (χ4n) is 2.60. The van der Waals surface area contributed by atoms with Gasteiger partial charge in [-0.1, -0.05) is 52.4 Å². The lowest BCUT2D eigenvalue weighted by atomic mass is 10.0. The molecule has 0 spiro atoms. The van der Waals surface area contributed by atoms with Gasteiger partial charge in [-0.15, -0.1) is 0 Å². The molecule has 0 bridgehead atoms. The lowest BCUT2D eigenvalue weighted by Gasteiger charge is -2.18. The van der Waals surface area contributed by atoms with Crippen LogP contribution in [0.4, 0.5) is 0 Å². The summed E-state index contributed by atoms with van der Waals surface area (Å²) in [6.45, 7) is 8.66. The third-order valence-electron chi connectivity index (χ3n) is 3.85. The number of hydrogen-bond donors (Lipinski definition) is 1. The van der Waals surface area contributed by atoms with Gasteiger partial charge in [-0.2, -0.15) is 5.10 Å². The van der Waals surface area contributed by atoms with Gasteiger partial charge in [0.1, 0.15) is 0 Å². The Hall–Kier alpha value is -0.830. The normalized spacial score (nSPS) is 11.4. The monoisotopic (exact) mass is 279 g/mol. The van der Waals surface area contributed by atoms with Crippen LogP contribution in [0.2, 0.25) is 0 Å². The first kappa shape index (κ1) is 17.2. The summed E-state index contributed by atoms with van der Waals surface area (Å²) in [4.78, 5) is 0. The molecule has 0 radical (unpaired) electrons. The van der Waals surface area contributed by atoms with Crippen LogP contribution in [-0.4, -0.2) is 22.4 Å². The van der Waals surface area contributed by atoms with E-state index in [-0.39, 0.29) is 0 Å². The van der Waals surface area contributed by atoms with Gasteiger partial charge in [0.15, 0.2) is 0 Å². The zero-order chi connectivity index (χ0) is 14.6. The number of unbranched alkanes of at least 4 members (excludes halogenated alkanes) is 4. The highest BCUT2D eigenvalue weighted by Crippen LogP contribution is 2.11. The molecule has 0 saturated carbocycles. The second kappa shape index (κ2) is 10.9. The van der Waals surface area contributed by atoms with Crippen LogP contribution < -0.4 is 5.32 Å². The predicted molar refractivity (Wildman–Crippen MR) is 87.0 cm³/mol. The Labute approximate surface area is 125 Å². The summed E-state index contributed by atoms with van der Waals surface area (Å²) in [7, 11) is 0. The van der Waals surface area contributed by atoms with E-state index in [0.29, 0.717) is 6.04 Å². The molecule has 0 aliphatic carbocycles. The Balaban J connectivity index is 2.23.